The molecule has 23 heavy (non-hydrogen) atoms. The lowest BCUT2D eigenvalue weighted by Gasteiger charge is -2.12. The van der Waals surface area contributed by atoms with Crippen molar-refractivity contribution >= 4 is 0 Å². The summed E-state index contributed by atoms with van der Waals surface area (Å²) in [6.07, 6.45) is -9.20. The third-order valence-electron chi connectivity index (χ3n) is 2.88. The Kier molecular flexibility index (Phi) is 4.44. The van der Waals surface area contributed by atoms with Gasteiger partial charge in [-0.3, -0.25) is 0 Å². The van der Waals surface area contributed by atoms with E-state index >= 15 is 0 Å². The molecule has 2 nitrogen and oxygen atoms in total. The number of halogens is 6. The van der Waals surface area contributed by atoms with Crippen LogP contribution in [0, 0.1) is 0 Å². The molecule has 0 bridgehead atoms. The number of hydrogen-bond acceptors (Lipinski definition) is 2. The molecule has 0 spiro atoms. The van der Waals surface area contributed by atoms with E-state index in [0.29, 0.717) is 12.1 Å². The summed E-state index contributed by atoms with van der Waals surface area (Å²) in [5, 5.41) is 9.28. The lowest BCUT2D eigenvalue weighted by Crippen LogP contribution is -2.07. The van der Waals surface area contributed by atoms with E-state index in [1.54, 1.807) is 0 Å². The summed E-state index contributed by atoms with van der Waals surface area (Å²) < 4.78 is 80.6. The van der Waals surface area contributed by atoms with E-state index in [1.807, 2.05) is 0 Å². The SMILES string of the molecule is Oc1cc(OCc2cccc(C(F)(F)F)c2)cc(C(F)(F)F)c1. The van der Waals surface area contributed by atoms with Gasteiger partial charge in [-0.15, -0.1) is 0 Å². The van der Waals surface area contributed by atoms with Crippen molar-refractivity contribution in [2.75, 3.05) is 0 Å². The zero-order chi connectivity index (χ0) is 17.3. The van der Waals surface area contributed by atoms with Crippen LogP contribution in [0.4, 0.5) is 26.3 Å². The van der Waals surface area contributed by atoms with Crippen LogP contribution in [0.15, 0.2) is 42.5 Å². The Bertz CT molecular complexity index is 691. The number of phenols is 1. The van der Waals surface area contributed by atoms with Gasteiger partial charge in [0, 0.05) is 6.07 Å². The Morgan fingerprint density at radius 2 is 1.48 bits per heavy atom. The van der Waals surface area contributed by atoms with Crippen molar-refractivity contribution in [1.82, 2.24) is 0 Å². The van der Waals surface area contributed by atoms with Crippen LogP contribution < -0.4 is 4.74 Å². The second-order valence-corrected chi connectivity index (χ2v) is 4.70. The highest BCUT2D eigenvalue weighted by molar-refractivity contribution is 5.39. The average molecular weight is 336 g/mol. The average Bonchev–Trinajstić information content (AvgIpc) is 2.43. The summed E-state index contributed by atoms with van der Waals surface area (Å²) in [7, 11) is 0. The zero-order valence-corrected chi connectivity index (χ0v) is 11.4. The van der Waals surface area contributed by atoms with Crippen LogP contribution in [0.25, 0.3) is 0 Å². The van der Waals surface area contributed by atoms with Crippen LogP contribution >= 0.6 is 0 Å². The third kappa shape index (κ3) is 4.54. The van der Waals surface area contributed by atoms with Crippen molar-refractivity contribution in [3.8, 4) is 11.5 Å². The van der Waals surface area contributed by atoms with E-state index in [1.165, 1.54) is 12.1 Å². The van der Waals surface area contributed by atoms with Crippen LogP contribution in [0.2, 0.25) is 0 Å². The van der Waals surface area contributed by atoms with Gasteiger partial charge in [0.2, 0.25) is 0 Å². The van der Waals surface area contributed by atoms with Crippen LogP contribution in [0.3, 0.4) is 0 Å². The van der Waals surface area contributed by atoms with Crippen LogP contribution in [0.5, 0.6) is 11.5 Å². The van der Waals surface area contributed by atoms with Gasteiger partial charge >= 0.3 is 12.4 Å². The van der Waals surface area contributed by atoms with Crippen LogP contribution in [-0.2, 0) is 19.0 Å². The molecule has 0 aromatic heterocycles. The predicted molar refractivity (Wildman–Crippen MR) is 68.9 cm³/mol. The zero-order valence-electron chi connectivity index (χ0n) is 11.4. The first kappa shape index (κ1) is 17.0. The molecule has 0 heterocycles. The summed E-state index contributed by atoms with van der Waals surface area (Å²) >= 11 is 0. The predicted octanol–water partition coefficient (Wildman–Crippen LogP) is 5.01. The first-order valence-electron chi connectivity index (χ1n) is 6.26. The summed E-state index contributed by atoms with van der Waals surface area (Å²) in [5.74, 6) is -0.950. The molecule has 0 saturated carbocycles. The molecule has 2 aromatic rings. The number of hydrogen-bond donors (Lipinski definition) is 1. The summed E-state index contributed by atoms with van der Waals surface area (Å²) in [4.78, 5) is 0. The topological polar surface area (TPSA) is 29.5 Å². The number of rotatable bonds is 3. The van der Waals surface area contributed by atoms with Gasteiger partial charge in [-0.05, 0) is 29.8 Å². The molecule has 2 aromatic carbocycles. The fraction of sp³-hybridized carbons (Fsp3) is 0.200. The van der Waals surface area contributed by atoms with Crippen molar-refractivity contribution in [3.63, 3.8) is 0 Å². The fourth-order valence-electron chi connectivity index (χ4n) is 1.83. The minimum Gasteiger partial charge on any atom is -0.508 e. The molecule has 124 valence electrons. The van der Waals surface area contributed by atoms with Crippen molar-refractivity contribution in [2.24, 2.45) is 0 Å². The van der Waals surface area contributed by atoms with Gasteiger partial charge < -0.3 is 9.84 Å². The molecule has 0 saturated heterocycles. The van der Waals surface area contributed by atoms with Gasteiger partial charge in [0.25, 0.3) is 0 Å². The maximum absolute atomic E-state index is 12.6. The van der Waals surface area contributed by atoms with Gasteiger partial charge in [0.05, 0.1) is 11.1 Å². The minimum atomic E-state index is -4.67. The maximum Gasteiger partial charge on any atom is 0.416 e. The van der Waals surface area contributed by atoms with Gasteiger partial charge in [0.15, 0.2) is 0 Å². The minimum absolute atomic E-state index is 0.136. The lowest BCUT2D eigenvalue weighted by atomic mass is 10.1. The second-order valence-electron chi connectivity index (χ2n) is 4.70. The molecule has 0 unspecified atom stereocenters. The molecule has 0 atom stereocenters. The summed E-state index contributed by atoms with van der Waals surface area (Å²) in [6, 6.07) is 6.37. The van der Waals surface area contributed by atoms with E-state index in [-0.39, 0.29) is 17.9 Å². The Balaban J connectivity index is 2.17. The number of alkyl halides is 6. The molecule has 0 radical (unpaired) electrons. The summed E-state index contributed by atoms with van der Waals surface area (Å²) in [6.45, 7) is -0.370. The quantitative estimate of drug-likeness (QED) is 0.799. The highest BCUT2D eigenvalue weighted by Crippen LogP contribution is 2.35. The van der Waals surface area contributed by atoms with Crippen molar-refractivity contribution in [2.45, 2.75) is 19.0 Å². The molecule has 0 amide bonds. The molecule has 1 N–H and O–H groups in total. The summed E-state index contributed by atoms with van der Waals surface area (Å²) in [5.41, 5.74) is -1.86. The van der Waals surface area contributed by atoms with E-state index in [4.69, 9.17) is 4.74 Å². The molecule has 0 aliphatic rings. The largest absolute Gasteiger partial charge is 0.508 e. The van der Waals surface area contributed by atoms with E-state index in [0.717, 1.165) is 18.2 Å². The lowest BCUT2D eigenvalue weighted by molar-refractivity contribution is -0.138. The number of ether oxygens (including phenoxy) is 1. The van der Waals surface area contributed by atoms with Gasteiger partial charge in [-0.25, -0.2) is 0 Å². The fourth-order valence-corrected chi connectivity index (χ4v) is 1.83. The number of benzene rings is 2. The second kappa shape index (κ2) is 6.02. The molecule has 8 heteroatoms. The van der Waals surface area contributed by atoms with Gasteiger partial charge in [-0.2, -0.15) is 26.3 Å². The Labute approximate surface area is 126 Å². The molecular weight excluding hydrogens is 326 g/mol. The smallest absolute Gasteiger partial charge is 0.416 e. The Hall–Kier alpha value is -2.38. The maximum atomic E-state index is 12.6. The van der Waals surface area contributed by atoms with Crippen molar-refractivity contribution < 1.29 is 36.2 Å². The molecular formula is C15H10F6O2. The number of aromatic hydroxyl groups is 1. The van der Waals surface area contributed by atoms with Crippen molar-refractivity contribution in [3.05, 3.63) is 59.2 Å². The molecule has 0 aliphatic heterocycles. The van der Waals surface area contributed by atoms with E-state index in [2.05, 4.69) is 0 Å². The van der Waals surface area contributed by atoms with Crippen molar-refractivity contribution in [1.29, 1.82) is 0 Å². The highest BCUT2D eigenvalue weighted by Gasteiger charge is 2.32. The highest BCUT2D eigenvalue weighted by atomic mass is 19.4. The van der Waals surface area contributed by atoms with Gasteiger partial charge in [0.1, 0.15) is 18.1 Å². The Morgan fingerprint density at radius 1 is 0.826 bits per heavy atom. The van der Waals surface area contributed by atoms with E-state index in [9.17, 15) is 31.4 Å². The Morgan fingerprint density at radius 3 is 2.09 bits per heavy atom. The number of phenolic OH excluding ortho intramolecular Hbond substituents is 1. The first-order valence-corrected chi connectivity index (χ1v) is 6.26. The van der Waals surface area contributed by atoms with Crippen LogP contribution in [0.1, 0.15) is 16.7 Å². The van der Waals surface area contributed by atoms with E-state index < -0.39 is 29.2 Å². The standard InChI is InChI=1S/C15H10F6O2/c16-14(17,18)10-3-1-2-9(4-10)8-23-13-6-11(15(19,20)21)5-12(22)7-13/h1-7,22H,8H2. The molecule has 0 aliphatic carbocycles. The first-order chi connectivity index (χ1) is 10.6. The molecule has 2 rings (SSSR count). The molecule has 0 fully saturated rings. The normalized spacial score (nSPS) is 12.3. The van der Waals surface area contributed by atoms with Gasteiger partial charge in [-0.1, -0.05) is 12.1 Å². The van der Waals surface area contributed by atoms with Crippen LogP contribution in [-0.4, -0.2) is 5.11 Å². The third-order valence-corrected chi connectivity index (χ3v) is 2.88. The monoisotopic (exact) mass is 336 g/mol.